The predicted octanol–water partition coefficient (Wildman–Crippen LogP) is 1.19. The molecule has 0 spiro atoms. The zero-order valence-corrected chi connectivity index (χ0v) is 18.4. The van der Waals surface area contributed by atoms with Crippen LogP contribution in [-0.2, 0) is 34.7 Å². The van der Waals surface area contributed by atoms with Crippen LogP contribution in [0.1, 0.15) is 0 Å². The number of sulfonamides is 2. The van der Waals surface area contributed by atoms with Crippen LogP contribution in [-0.4, -0.2) is 43.0 Å². The lowest BCUT2D eigenvalue weighted by atomic mass is 10.1. The molecule has 0 unspecified atom stereocenters. The van der Waals surface area contributed by atoms with Crippen LogP contribution in [0.5, 0.6) is 0 Å². The molecule has 2 aromatic carbocycles. The number of carbonyl (C=O) groups is 1. The summed E-state index contributed by atoms with van der Waals surface area (Å²) in [7, 11) is -12.6. The minimum Gasteiger partial charge on any atom is -0.288 e. The van der Waals surface area contributed by atoms with Crippen LogP contribution in [0.25, 0.3) is 0 Å². The van der Waals surface area contributed by atoms with Gasteiger partial charge in [0.2, 0.25) is 9.84 Å². The van der Waals surface area contributed by atoms with E-state index in [0.29, 0.717) is 6.08 Å². The van der Waals surface area contributed by atoms with Crippen molar-refractivity contribution < 1.29 is 30.0 Å². The maximum Gasteiger partial charge on any atom is 0.261 e. The van der Waals surface area contributed by atoms with Gasteiger partial charge in [-0.05, 0) is 30.3 Å². The topological polar surface area (TPSA) is 144 Å². The van der Waals surface area contributed by atoms with Gasteiger partial charge in [-0.15, -0.1) is 0 Å². The monoisotopic (exact) mass is 480 g/mol. The van der Waals surface area contributed by atoms with Crippen molar-refractivity contribution in [1.82, 2.24) is 4.72 Å². The Morgan fingerprint density at radius 2 is 1.26 bits per heavy atom. The zero-order chi connectivity index (χ0) is 22.9. The van der Waals surface area contributed by atoms with Crippen molar-refractivity contribution in [2.24, 2.45) is 4.40 Å². The second-order valence-corrected chi connectivity index (χ2v) is 11.6. The number of carbonyl (C=O) groups excluding carboxylic acids is 1. The van der Waals surface area contributed by atoms with Gasteiger partial charge in [-0.1, -0.05) is 36.4 Å². The Balaban J connectivity index is 2.11. The number of ketones is 1. The molecule has 2 aromatic rings. The molecule has 0 fully saturated rings. The normalized spacial score (nSPS) is 16.5. The van der Waals surface area contributed by atoms with E-state index >= 15 is 0 Å². The van der Waals surface area contributed by atoms with Crippen molar-refractivity contribution in [1.29, 1.82) is 0 Å². The highest BCUT2D eigenvalue weighted by molar-refractivity contribution is 7.96. The van der Waals surface area contributed by atoms with Crippen LogP contribution in [0.3, 0.4) is 0 Å². The second-order valence-electron chi connectivity index (χ2n) is 6.38. The molecule has 0 aliphatic heterocycles. The minimum atomic E-state index is -4.30. The van der Waals surface area contributed by atoms with Gasteiger partial charge < -0.3 is 0 Å². The molecular formula is C19H16N2O7S3. The third kappa shape index (κ3) is 5.16. The molecule has 9 nitrogen and oxygen atoms in total. The van der Waals surface area contributed by atoms with Gasteiger partial charge in [0.25, 0.3) is 20.0 Å². The molecular weight excluding hydrogens is 464 g/mol. The van der Waals surface area contributed by atoms with Gasteiger partial charge >= 0.3 is 0 Å². The standard InChI is InChI=1S/C19H16N2O7S3/c1-29(23,24)20-17-13-19(30(25,26)14-8-4-2-5-9-14)18(22)12-16(17)21-31(27,28)15-10-6-3-7-11-15/h2-13,21H,1H3/b20-17-. The van der Waals surface area contributed by atoms with Gasteiger partial charge in [-0.2, -0.15) is 4.40 Å². The van der Waals surface area contributed by atoms with Crippen molar-refractivity contribution in [2.75, 3.05) is 6.26 Å². The van der Waals surface area contributed by atoms with E-state index in [0.717, 1.165) is 12.3 Å². The third-order valence-corrected chi connectivity index (χ3v) is 7.67. The Morgan fingerprint density at radius 1 is 0.742 bits per heavy atom. The van der Waals surface area contributed by atoms with Crippen LogP contribution in [0.15, 0.2) is 97.6 Å². The van der Waals surface area contributed by atoms with E-state index < -0.39 is 52.0 Å². The third-order valence-electron chi connectivity index (χ3n) is 3.97. The molecule has 31 heavy (non-hydrogen) atoms. The zero-order valence-electron chi connectivity index (χ0n) is 16.0. The number of hydrogen-bond donors (Lipinski definition) is 1. The lowest BCUT2D eigenvalue weighted by molar-refractivity contribution is -0.110. The Bertz CT molecular complexity index is 1440. The molecule has 0 heterocycles. The lowest BCUT2D eigenvalue weighted by Gasteiger charge is -2.17. The maximum absolute atomic E-state index is 12.9. The molecule has 0 aromatic heterocycles. The molecule has 0 atom stereocenters. The number of allylic oxidation sites excluding steroid dienone is 3. The lowest BCUT2D eigenvalue weighted by Crippen LogP contribution is -2.31. The first kappa shape index (κ1) is 22.6. The summed E-state index contributed by atoms with van der Waals surface area (Å²) >= 11 is 0. The Morgan fingerprint density at radius 3 is 1.77 bits per heavy atom. The summed E-state index contributed by atoms with van der Waals surface area (Å²) in [5, 5.41) is 0. The molecule has 0 radical (unpaired) electrons. The molecule has 162 valence electrons. The number of sulfone groups is 1. The fraction of sp³-hybridized carbons (Fsp3) is 0.0526. The van der Waals surface area contributed by atoms with Gasteiger partial charge in [0.1, 0.15) is 10.6 Å². The Labute approximate surface area is 179 Å². The molecule has 1 N–H and O–H groups in total. The van der Waals surface area contributed by atoms with E-state index in [4.69, 9.17) is 0 Å². The minimum absolute atomic E-state index is 0.145. The highest BCUT2D eigenvalue weighted by Crippen LogP contribution is 2.25. The number of rotatable bonds is 6. The molecule has 0 amide bonds. The fourth-order valence-electron chi connectivity index (χ4n) is 2.63. The molecule has 0 saturated heterocycles. The maximum atomic E-state index is 12.9. The molecule has 1 aliphatic carbocycles. The highest BCUT2D eigenvalue weighted by Gasteiger charge is 2.32. The molecule has 12 heteroatoms. The van der Waals surface area contributed by atoms with Crippen LogP contribution in [0, 0.1) is 0 Å². The average Bonchev–Trinajstić information content (AvgIpc) is 2.70. The fourth-order valence-corrected chi connectivity index (χ4v) is 5.58. The van der Waals surface area contributed by atoms with Crippen molar-refractivity contribution in [2.45, 2.75) is 9.79 Å². The smallest absolute Gasteiger partial charge is 0.261 e. The van der Waals surface area contributed by atoms with Crippen LogP contribution in [0.2, 0.25) is 0 Å². The highest BCUT2D eigenvalue weighted by atomic mass is 32.2. The molecule has 3 rings (SSSR count). The first-order valence-electron chi connectivity index (χ1n) is 8.56. The van der Waals surface area contributed by atoms with E-state index in [2.05, 4.69) is 9.12 Å². The van der Waals surface area contributed by atoms with Crippen molar-refractivity contribution in [3.8, 4) is 0 Å². The van der Waals surface area contributed by atoms with Crippen LogP contribution in [0.4, 0.5) is 0 Å². The number of benzene rings is 2. The Kier molecular flexibility index (Phi) is 5.98. The van der Waals surface area contributed by atoms with E-state index in [1.807, 2.05) is 0 Å². The second kappa shape index (κ2) is 8.21. The summed E-state index contributed by atoms with van der Waals surface area (Å²) in [6, 6.07) is 14.2. The quantitative estimate of drug-likeness (QED) is 0.612. The van der Waals surface area contributed by atoms with Gasteiger partial charge in [-0.25, -0.2) is 25.3 Å². The number of nitrogens with one attached hydrogen (secondary N) is 1. The summed E-state index contributed by atoms with van der Waals surface area (Å²) < 4.78 is 79.9. The summed E-state index contributed by atoms with van der Waals surface area (Å²) in [4.78, 5) is 11.5. The van der Waals surface area contributed by atoms with E-state index in [1.54, 1.807) is 12.1 Å². The summed E-state index contributed by atoms with van der Waals surface area (Å²) in [6.07, 6.45) is 2.19. The van der Waals surface area contributed by atoms with Crippen LogP contribution < -0.4 is 4.72 Å². The van der Waals surface area contributed by atoms with Crippen molar-refractivity contribution >= 4 is 41.4 Å². The molecule has 0 bridgehead atoms. The largest absolute Gasteiger partial charge is 0.288 e. The predicted molar refractivity (Wildman–Crippen MR) is 114 cm³/mol. The van der Waals surface area contributed by atoms with E-state index in [-0.39, 0.29) is 9.79 Å². The van der Waals surface area contributed by atoms with Gasteiger partial charge in [-0.3, -0.25) is 9.52 Å². The first-order valence-corrected chi connectivity index (χ1v) is 13.4. The van der Waals surface area contributed by atoms with E-state index in [1.165, 1.54) is 48.5 Å². The van der Waals surface area contributed by atoms with E-state index in [9.17, 15) is 30.0 Å². The average molecular weight is 481 g/mol. The van der Waals surface area contributed by atoms with Gasteiger partial charge in [0.05, 0.1) is 21.7 Å². The molecule has 0 saturated carbocycles. The number of nitrogens with zero attached hydrogens (tertiary/aromatic N) is 1. The van der Waals surface area contributed by atoms with Gasteiger partial charge in [0, 0.05) is 6.08 Å². The first-order chi connectivity index (χ1) is 14.4. The van der Waals surface area contributed by atoms with Crippen molar-refractivity contribution in [3.05, 3.63) is 83.4 Å². The number of hydrogen-bond acceptors (Lipinski definition) is 7. The van der Waals surface area contributed by atoms with Gasteiger partial charge in [0.15, 0.2) is 5.78 Å². The summed E-state index contributed by atoms with van der Waals surface area (Å²) in [5.41, 5.74) is -0.998. The Hall–Kier alpha value is -3.09. The SMILES string of the molecule is CS(=O)(=O)/N=C1/C=C(S(=O)(=O)c2ccccc2)C(=O)C=C1NS(=O)(=O)c1ccccc1. The summed E-state index contributed by atoms with van der Waals surface area (Å²) in [6.45, 7) is 0. The van der Waals surface area contributed by atoms with Crippen LogP contribution >= 0.6 is 0 Å². The van der Waals surface area contributed by atoms with Crippen molar-refractivity contribution in [3.63, 3.8) is 0 Å². The molecule has 1 aliphatic rings. The summed E-state index contributed by atoms with van der Waals surface area (Å²) in [5.74, 6) is -1.03.